The molecule has 0 spiro atoms. The van der Waals surface area contributed by atoms with Gasteiger partial charge in [-0.3, -0.25) is 14.9 Å². The number of benzene rings is 1. The van der Waals surface area contributed by atoms with Gasteiger partial charge in [-0.2, -0.15) is 5.10 Å². The molecule has 1 fully saturated rings. The van der Waals surface area contributed by atoms with Crippen LogP contribution in [0.25, 0.3) is 56.0 Å². The third kappa shape index (κ3) is 5.62. The highest BCUT2D eigenvalue weighted by molar-refractivity contribution is 7.88. The van der Waals surface area contributed by atoms with E-state index in [0.717, 1.165) is 25.5 Å². The molecule has 1 aliphatic rings. The molecule has 0 radical (unpaired) electrons. The van der Waals surface area contributed by atoms with Crippen molar-refractivity contribution >= 4 is 43.8 Å². The van der Waals surface area contributed by atoms with E-state index in [0.29, 0.717) is 39.1 Å². The maximum absolute atomic E-state index is 16.2. The molecule has 1 amide bonds. The molecule has 228 valence electrons. The van der Waals surface area contributed by atoms with Crippen LogP contribution in [0.4, 0.5) is 14.5 Å². The van der Waals surface area contributed by atoms with Gasteiger partial charge in [-0.05, 0) is 54.3 Å². The second-order valence-corrected chi connectivity index (χ2v) is 12.8. The van der Waals surface area contributed by atoms with Crippen LogP contribution in [0.3, 0.4) is 0 Å². The van der Waals surface area contributed by atoms with Crippen LogP contribution < -0.4 is 10.0 Å². The minimum absolute atomic E-state index is 0.0180. The summed E-state index contributed by atoms with van der Waals surface area (Å²) in [5.41, 5.74) is 3.48. The molecular formula is C30H25F2N9O3S. The summed E-state index contributed by atoms with van der Waals surface area (Å²) in [6.45, 7) is -0.0944. The smallest absolute Gasteiger partial charge is 0.227 e. The number of nitrogens with zero attached hydrogens (tertiary/aromatic N) is 5. The molecule has 5 aromatic heterocycles. The van der Waals surface area contributed by atoms with Crippen molar-refractivity contribution in [2.75, 3.05) is 11.6 Å². The number of aromatic amines is 2. The number of rotatable bonds is 8. The molecule has 6 aromatic rings. The van der Waals surface area contributed by atoms with Crippen LogP contribution in [0.15, 0.2) is 55.1 Å². The van der Waals surface area contributed by atoms with Gasteiger partial charge in [0.05, 0.1) is 23.5 Å². The van der Waals surface area contributed by atoms with E-state index in [9.17, 15) is 17.6 Å². The molecule has 0 bridgehead atoms. The SMILES string of the molecule is CS(=O)(=O)NCc1cc(F)cc(-c2ccnc3[nH]c(-c4n[nH]c5ncc(-c6cncc(NC(=O)C7CCC7)c6)c(F)c45)nc23)c1. The van der Waals surface area contributed by atoms with E-state index in [2.05, 4.69) is 45.2 Å². The number of halogens is 2. The molecule has 0 saturated heterocycles. The summed E-state index contributed by atoms with van der Waals surface area (Å²) in [6, 6.07) is 7.50. The number of amides is 1. The number of nitrogens with one attached hydrogen (secondary N) is 4. The first-order valence-corrected chi connectivity index (χ1v) is 15.9. The van der Waals surface area contributed by atoms with Gasteiger partial charge in [-0.15, -0.1) is 0 Å². The van der Waals surface area contributed by atoms with Gasteiger partial charge in [0.15, 0.2) is 17.1 Å². The lowest BCUT2D eigenvalue weighted by molar-refractivity contribution is -0.122. The third-order valence-corrected chi connectivity index (χ3v) is 8.40. The average molecular weight is 630 g/mol. The van der Waals surface area contributed by atoms with E-state index in [1.165, 1.54) is 36.9 Å². The van der Waals surface area contributed by atoms with Gasteiger partial charge in [0.25, 0.3) is 0 Å². The molecule has 0 unspecified atom stereocenters. The van der Waals surface area contributed by atoms with Gasteiger partial charge in [0.1, 0.15) is 22.8 Å². The second kappa shape index (κ2) is 11.1. The Balaban J connectivity index is 1.26. The molecule has 4 N–H and O–H groups in total. The molecule has 12 nitrogen and oxygen atoms in total. The highest BCUT2D eigenvalue weighted by Gasteiger charge is 2.26. The number of imidazole rings is 1. The van der Waals surface area contributed by atoms with Crippen LogP contribution in [0.1, 0.15) is 24.8 Å². The Morgan fingerprint density at radius 3 is 2.64 bits per heavy atom. The summed E-state index contributed by atoms with van der Waals surface area (Å²) < 4.78 is 56.3. The van der Waals surface area contributed by atoms with Crippen molar-refractivity contribution in [1.82, 2.24) is 39.8 Å². The molecule has 1 aromatic carbocycles. The van der Waals surface area contributed by atoms with Crippen molar-refractivity contribution in [3.8, 4) is 33.8 Å². The predicted molar refractivity (Wildman–Crippen MR) is 163 cm³/mol. The Morgan fingerprint density at radius 1 is 1.02 bits per heavy atom. The molecule has 0 aliphatic heterocycles. The van der Waals surface area contributed by atoms with Crippen LogP contribution in [-0.4, -0.2) is 55.7 Å². The van der Waals surface area contributed by atoms with Crippen molar-refractivity contribution in [3.05, 3.63) is 72.3 Å². The number of H-pyrrole nitrogens is 2. The van der Waals surface area contributed by atoms with Crippen molar-refractivity contribution in [2.45, 2.75) is 25.8 Å². The number of fused-ring (bicyclic) bond motifs is 2. The van der Waals surface area contributed by atoms with Crippen LogP contribution in [-0.2, 0) is 21.4 Å². The van der Waals surface area contributed by atoms with Crippen LogP contribution in [0.2, 0.25) is 0 Å². The zero-order chi connectivity index (χ0) is 31.3. The fraction of sp³-hybridized carbons (Fsp3) is 0.200. The molecule has 7 rings (SSSR count). The number of aromatic nitrogens is 7. The maximum Gasteiger partial charge on any atom is 0.227 e. The van der Waals surface area contributed by atoms with Crippen LogP contribution in [0, 0.1) is 17.6 Å². The van der Waals surface area contributed by atoms with E-state index in [4.69, 9.17) is 0 Å². The van der Waals surface area contributed by atoms with Gasteiger partial charge in [-0.1, -0.05) is 6.42 Å². The van der Waals surface area contributed by atoms with Gasteiger partial charge in [-0.25, -0.2) is 36.9 Å². The molecular weight excluding hydrogens is 604 g/mol. The third-order valence-electron chi connectivity index (χ3n) is 7.73. The summed E-state index contributed by atoms with van der Waals surface area (Å²) in [7, 11) is -3.49. The van der Waals surface area contributed by atoms with Crippen molar-refractivity contribution in [3.63, 3.8) is 0 Å². The summed E-state index contributed by atoms with van der Waals surface area (Å²) in [5, 5.41) is 9.96. The van der Waals surface area contributed by atoms with Gasteiger partial charge >= 0.3 is 0 Å². The van der Waals surface area contributed by atoms with Crippen LogP contribution in [0.5, 0.6) is 0 Å². The predicted octanol–water partition coefficient (Wildman–Crippen LogP) is 4.69. The Kier molecular flexibility index (Phi) is 7.05. The highest BCUT2D eigenvalue weighted by Crippen LogP contribution is 2.35. The number of pyridine rings is 3. The Hall–Kier alpha value is -5.15. The van der Waals surface area contributed by atoms with Crippen molar-refractivity contribution in [1.29, 1.82) is 0 Å². The number of hydrogen-bond acceptors (Lipinski definition) is 8. The molecule has 1 saturated carbocycles. The van der Waals surface area contributed by atoms with E-state index < -0.39 is 21.7 Å². The van der Waals surface area contributed by atoms with E-state index in [1.807, 2.05) is 0 Å². The first kappa shape index (κ1) is 28.6. The second-order valence-electron chi connectivity index (χ2n) is 10.9. The minimum atomic E-state index is -3.49. The topological polar surface area (TPSA) is 171 Å². The number of sulfonamides is 1. The fourth-order valence-corrected chi connectivity index (χ4v) is 5.70. The normalized spacial score (nSPS) is 13.8. The van der Waals surface area contributed by atoms with Gasteiger partial charge in [0.2, 0.25) is 15.9 Å². The zero-order valence-corrected chi connectivity index (χ0v) is 24.5. The summed E-state index contributed by atoms with van der Waals surface area (Å²) in [6.07, 6.45) is 9.63. The van der Waals surface area contributed by atoms with Crippen molar-refractivity contribution < 1.29 is 22.0 Å². The summed E-state index contributed by atoms with van der Waals surface area (Å²) >= 11 is 0. The number of carbonyl (C=O) groups excluding carboxylic acids is 1. The Bertz CT molecular complexity index is 2230. The number of carbonyl (C=O) groups is 1. The lowest BCUT2D eigenvalue weighted by Crippen LogP contribution is -2.28. The lowest BCUT2D eigenvalue weighted by atomic mass is 9.85. The monoisotopic (exact) mass is 629 g/mol. The molecule has 1 aliphatic carbocycles. The quantitative estimate of drug-likeness (QED) is 0.188. The zero-order valence-electron chi connectivity index (χ0n) is 23.7. The molecule has 0 atom stereocenters. The lowest BCUT2D eigenvalue weighted by Gasteiger charge is -2.24. The molecule has 15 heteroatoms. The van der Waals surface area contributed by atoms with Gasteiger partial charge < -0.3 is 10.3 Å². The van der Waals surface area contributed by atoms with Crippen LogP contribution >= 0.6 is 0 Å². The first-order valence-electron chi connectivity index (χ1n) is 14.0. The molecule has 5 heterocycles. The number of hydrogen-bond donors (Lipinski definition) is 4. The maximum atomic E-state index is 16.2. The van der Waals surface area contributed by atoms with Gasteiger partial charge in [0, 0.05) is 47.7 Å². The highest BCUT2D eigenvalue weighted by atomic mass is 32.2. The van der Waals surface area contributed by atoms with E-state index >= 15 is 4.39 Å². The Morgan fingerprint density at radius 2 is 1.87 bits per heavy atom. The summed E-state index contributed by atoms with van der Waals surface area (Å²) in [4.78, 5) is 33.1. The minimum Gasteiger partial charge on any atom is -0.324 e. The van der Waals surface area contributed by atoms with Crippen molar-refractivity contribution in [2.24, 2.45) is 5.92 Å². The number of anilines is 1. The fourth-order valence-electron chi connectivity index (χ4n) is 5.28. The average Bonchev–Trinajstić information content (AvgIpc) is 3.60. The van der Waals surface area contributed by atoms with E-state index in [1.54, 1.807) is 18.2 Å². The first-order chi connectivity index (χ1) is 21.6. The van der Waals surface area contributed by atoms with E-state index in [-0.39, 0.29) is 46.5 Å². The Labute approximate surface area is 254 Å². The summed E-state index contributed by atoms with van der Waals surface area (Å²) in [5.74, 6) is -1.07. The largest absolute Gasteiger partial charge is 0.324 e. The standard InChI is InChI=1S/C30H25F2N9O3S/c1-45(43,44)36-11-15-7-17(9-19(31)8-15)21-5-6-34-28-25(21)38-29(39-28)26-23-24(32)22(14-35-27(23)41-40-26)18-10-20(13-33-12-18)37-30(42)16-3-2-4-16/h5-10,12-14,16,36H,2-4,11H2,1H3,(H,37,42)(H,34,38,39)(H,35,40,41). The molecule has 45 heavy (non-hydrogen) atoms.